The van der Waals surface area contributed by atoms with Crippen molar-refractivity contribution in [3.63, 3.8) is 0 Å². The van der Waals surface area contributed by atoms with Gasteiger partial charge in [0, 0.05) is 27.7 Å². The number of hydrogen-bond acceptors (Lipinski definition) is 5. The second-order valence-corrected chi connectivity index (χ2v) is 11.4. The van der Waals surface area contributed by atoms with E-state index in [2.05, 4.69) is 131 Å². The molecule has 0 atom stereocenters. The second-order valence-electron chi connectivity index (χ2n) is 11.4. The first-order valence-electron chi connectivity index (χ1n) is 15.5. The highest BCUT2D eigenvalue weighted by atomic mass is 16.4. The predicted octanol–water partition coefficient (Wildman–Crippen LogP) is 9.13. The van der Waals surface area contributed by atoms with Crippen LogP contribution in [0.2, 0.25) is 0 Å². The lowest BCUT2D eigenvalue weighted by Gasteiger charge is -2.26. The predicted molar refractivity (Wildman–Crippen MR) is 192 cm³/mol. The summed E-state index contributed by atoms with van der Waals surface area (Å²) in [5.74, 6) is 0. The molecule has 47 heavy (non-hydrogen) atoms. The summed E-state index contributed by atoms with van der Waals surface area (Å²) >= 11 is 0. The van der Waals surface area contributed by atoms with Gasteiger partial charge in [-0.15, -0.1) is 0 Å². The second kappa shape index (κ2) is 12.1. The Kier molecular flexibility index (Phi) is 7.34. The van der Waals surface area contributed by atoms with Crippen molar-refractivity contribution >= 4 is 51.7 Å². The van der Waals surface area contributed by atoms with E-state index in [0.29, 0.717) is 11.3 Å². The van der Waals surface area contributed by atoms with Gasteiger partial charge in [-0.05, 0) is 70.8 Å². The van der Waals surface area contributed by atoms with Crippen molar-refractivity contribution in [2.45, 2.75) is 0 Å². The SMILES string of the molecule is OB(O)c1cccc(-c2cccc3c2oc2c(N(c4cccc(-c5ccccc5)c4)c4cccc(-c5ccccc5)c4)cccc23)n1. The molecule has 0 spiro atoms. The Morgan fingerprint density at radius 2 is 1.02 bits per heavy atom. The van der Waals surface area contributed by atoms with Crippen LogP contribution in [0.25, 0.3) is 55.4 Å². The van der Waals surface area contributed by atoms with Crippen LogP contribution in [-0.2, 0) is 0 Å². The molecule has 0 amide bonds. The minimum Gasteiger partial charge on any atom is -0.453 e. The number of benzene rings is 6. The Bertz CT molecular complexity index is 2270. The zero-order chi connectivity index (χ0) is 31.7. The first-order chi connectivity index (χ1) is 23.1. The molecule has 2 N–H and O–H groups in total. The Balaban J connectivity index is 1.36. The lowest BCUT2D eigenvalue weighted by Crippen LogP contribution is -2.32. The first kappa shape index (κ1) is 28.5. The molecule has 0 aliphatic rings. The first-order valence-corrected chi connectivity index (χ1v) is 15.5. The molecule has 8 rings (SSSR count). The summed E-state index contributed by atoms with van der Waals surface area (Å²) in [6.45, 7) is 0. The molecule has 8 aromatic rings. The van der Waals surface area contributed by atoms with Crippen molar-refractivity contribution in [3.8, 4) is 33.5 Å². The molecule has 0 fully saturated rings. The quantitative estimate of drug-likeness (QED) is 0.177. The summed E-state index contributed by atoms with van der Waals surface area (Å²) in [5.41, 5.74) is 10.4. The van der Waals surface area contributed by atoms with Crippen LogP contribution >= 0.6 is 0 Å². The van der Waals surface area contributed by atoms with Gasteiger partial charge in [0.15, 0.2) is 5.58 Å². The van der Waals surface area contributed by atoms with Gasteiger partial charge < -0.3 is 19.4 Å². The number of nitrogens with zero attached hydrogens (tertiary/aromatic N) is 2. The van der Waals surface area contributed by atoms with Crippen LogP contribution in [0.15, 0.2) is 168 Å². The number of rotatable bonds is 7. The number of hydrogen-bond donors (Lipinski definition) is 2. The van der Waals surface area contributed by atoms with Crippen molar-refractivity contribution in [2.24, 2.45) is 0 Å². The zero-order valence-corrected chi connectivity index (χ0v) is 25.4. The fourth-order valence-corrected chi connectivity index (χ4v) is 6.27. The minimum atomic E-state index is -1.66. The molecule has 0 radical (unpaired) electrons. The third kappa shape index (κ3) is 5.36. The summed E-state index contributed by atoms with van der Waals surface area (Å²) < 4.78 is 6.82. The highest BCUT2D eigenvalue weighted by Crippen LogP contribution is 2.44. The average Bonchev–Trinajstić information content (AvgIpc) is 3.53. The highest BCUT2D eigenvalue weighted by Gasteiger charge is 2.22. The lowest BCUT2D eigenvalue weighted by molar-refractivity contribution is 0.424. The van der Waals surface area contributed by atoms with E-state index < -0.39 is 7.12 Å². The summed E-state index contributed by atoms with van der Waals surface area (Å²) in [5, 5.41) is 21.5. The number of pyridine rings is 1. The van der Waals surface area contributed by atoms with E-state index in [1.807, 2.05) is 30.3 Å². The molecular formula is C41H29BN2O3. The van der Waals surface area contributed by atoms with Gasteiger partial charge in [-0.1, -0.05) is 115 Å². The Morgan fingerprint density at radius 1 is 0.489 bits per heavy atom. The van der Waals surface area contributed by atoms with Gasteiger partial charge in [0.05, 0.1) is 17.0 Å². The van der Waals surface area contributed by atoms with Gasteiger partial charge in [-0.3, -0.25) is 4.98 Å². The molecule has 224 valence electrons. The smallest absolute Gasteiger partial charge is 0.453 e. The van der Waals surface area contributed by atoms with E-state index in [0.717, 1.165) is 61.2 Å². The Labute approximate surface area is 272 Å². The Morgan fingerprint density at radius 3 is 1.64 bits per heavy atom. The maximum Gasteiger partial charge on any atom is 0.508 e. The summed E-state index contributed by atoms with van der Waals surface area (Å²) in [6.07, 6.45) is 0. The van der Waals surface area contributed by atoms with Crippen LogP contribution in [0.1, 0.15) is 0 Å². The largest absolute Gasteiger partial charge is 0.508 e. The molecule has 5 nitrogen and oxygen atoms in total. The van der Waals surface area contributed by atoms with Crippen molar-refractivity contribution < 1.29 is 14.5 Å². The van der Waals surface area contributed by atoms with Crippen LogP contribution in [0, 0.1) is 0 Å². The van der Waals surface area contributed by atoms with E-state index in [4.69, 9.17) is 4.42 Å². The number of anilines is 3. The van der Waals surface area contributed by atoms with Crippen molar-refractivity contribution in [1.82, 2.24) is 4.98 Å². The van der Waals surface area contributed by atoms with E-state index >= 15 is 0 Å². The van der Waals surface area contributed by atoms with E-state index in [9.17, 15) is 10.0 Å². The normalized spacial score (nSPS) is 11.2. The van der Waals surface area contributed by atoms with Crippen LogP contribution in [0.5, 0.6) is 0 Å². The molecule has 0 unspecified atom stereocenters. The minimum absolute atomic E-state index is 0.180. The van der Waals surface area contributed by atoms with Crippen LogP contribution in [0.4, 0.5) is 17.1 Å². The standard InChI is InChI=1S/C41H29BN2O3/c45-42(46)39-25-11-23-37(43-39)36-22-9-20-34-35-21-10-24-38(41(35)47-40(34)36)44(32-18-7-16-30(26-32)28-12-3-1-4-13-28)33-19-8-17-31(27-33)29-14-5-2-6-15-29/h1-27,45-46H. The summed E-state index contributed by atoms with van der Waals surface area (Å²) in [6, 6.07) is 55.4. The number of para-hydroxylation sites is 2. The molecule has 0 aliphatic carbocycles. The number of furan rings is 1. The molecule has 0 saturated heterocycles. The molecule has 2 heterocycles. The topological polar surface area (TPSA) is 69.7 Å². The molecule has 0 aliphatic heterocycles. The van der Waals surface area contributed by atoms with Gasteiger partial charge in [-0.25, -0.2) is 0 Å². The van der Waals surface area contributed by atoms with E-state index in [1.165, 1.54) is 0 Å². The molecule has 0 saturated carbocycles. The number of fused-ring (bicyclic) bond motifs is 3. The fraction of sp³-hybridized carbons (Fsp3) is 0. The van der Waals surface area contributed by atoms with Crippen LogP contribution in [-0.4, -0.2) is 22.2 Å². The van der Waals surface area contributed by atoms with Crippen LogP contribution < -0.4 is 10.5 Å². The summed E-state index contributed by atoms with van der Waals surface area (Å²) in [7, 11) is -1.66. The molecule has 2 aromatic heterocycles. The third-order valence-corrected chi connectivity index (χ3v) is 8.48. The highest BCUT2D eigenvalue weighted by molar-refractivity contribution is 6.57. The van der Waals surface area contributed by atoms with Gasteiger partial charge in [0.25, 0.3) is 0 Å². The molecule has 0 bridgehead atoms. The van der Waals surface area contributed by atoms with Gasteiger partial charge in [-0.2, -0.15) is 0 Å². The van der Waals surface area contributed by atoms with Crippen molar-refractivity contribution in [3.05, 3.63) is 164 Å². The van der Waals surface area contributed by atoms with E-state index in [1.54, 1.807) is 12.1 Å². The molecule has 6 heteroatoms. The van der Waals surface area contributed by atoms with E-state index in [-0.39, 0.29) is 5.59 Å². The van der Waals surface area contributed by atoms with Gasteiger partial charge >= 0.3 is 7.12 Å². The number of aromatic nitrogens is 1. The molecular weight excluding hydrogens is 579 g/mol. The van der Waals surface area contributed by atoms with Crippen molar-refractivity contribution in [1.29, 1.82) is 0 Å². The average molecular weight is 609 g/mol. The fourth-order valence-electron chi connectivity index (χ4n) is 6.27. The third-order valence-electron chi connectivity index (χ3n) is 8.48. The summed E-state index contributed by atoms with van der Waals surface area (Å²) in [4.78, 5) is 6.78. The zero-order valence-electron chi connectivity index (χ0n) is 25.4. The lowest BCUT2D eigenvalue weighted by atomic mass is 9.85. The van der Waals surface area contributed by atoms with Gasteiger partial charge in [0.2, 0.25) is 0 Å². The van der Waals surface area contributed by atoms with Gasteiger partial charge in [0.1, 0.15) is 5.58 Å². The maximum absolute atomic E-state index is 9.79. The Hall–Kier alpha value is -5.95. The van der Waals surface area contributed by atoms with Crippen LogP contribution in [0.3, 0.4) is 0 Å². The maximum atomic E-state index is 9.79. The molecule has 6 aromatic carbocycles. The van der Waals surface area contributed by atoms with Crippen molar-refractivity contribution in [2.75, 3.05) is 4.90 Å². The monoisotopic (exact) mass is 608 g/mol.